The molecule has 2 rings (SSSR count). The summed E-state index contributed by atoms with van der Waals surface area (Å²) in [5.41, 5.74) is 0. The van der Waals surface area contributed by atoms with Crippen LogP contribution in [0.5, 0.6) is 5.75 Å². The van der Waals surface area contributed by atoms with Crippen LogP contribution in [0, 0.1) is 0 Å². The van der Waals surface area contributed by atoms with Crippen LogP contribution in [0.3, 0.4) is 0 Å². The summed E-state index contributed by atoms with van der Waals surface area (Å²) in [5, 5.41) is 9.63. The van der Waals surface area contributed by atoms with Crippen LogP contribution in [0.25, 0.3) is 0 Å². The fraction of sp³-hybridized carbons (Fsp3) is 0.154. The van der Waals surface area contributed by atoms with E-state index in [4.69, 9.17) is 9.47 Å². The van der Waals surface area contributed by atoms with Crippen LogP contribution < -0.4 is 4.74 Å². The van der Waals surface area contributed by atoms with Crippen molar-refractivity contribution in [2.75, 3.05) is 6.61 Å². The highest BCUT2D eigenvalue weighted by Gasteiger charge is 2.11. The lowest BCUT2D eigenvalue weighted by atomic mass is 10.3. The largest absolute Gasteiger partial charge is 0.491 e. The molecule has 17 heavy (non-hydrogen) atoms. The summed E-state index contributed by atoms with van der Waals surface area (Å²) in [6.07, 6.45) is 3.43. The lowest BCUT2D eigenvalue weighted by molar-refractivity contribution is -0.132. The Kier molecular flexibility index (Phi) is 3.57. The van der Waals surface area contributed by atoms with Crippen molar-refractivity contribution in [3.05, 3.63) is 54.3 Å². The topological polar surface area (TPSA) is 55.8 Å². The highest BCUT2D eigenvalue weighted by atomic mass is 16.5. The third-order valence-electron chi connectivity index (χ3n) is 2.12. The molecular weight excluding hydrogens is 220 g/mol. The molecule has 1 heterocycles. The van der Waals surface area contributed by atoms with Gasteiger partial charge < -0.3 is 14.6 Å². The van der Waals surface area contributed by atoms with Gasteiger partial charge in [-0.15, -0.1) is 0 Å². The molecule has 0 radical (unpaired) electrons. The third-order valence-corrected chi connectivity index (χ3v) is 2.12. The van der Waals surface area contributed by atoms with Crippen molar-refractivity contribution in [2.24, 2.45) is 0 Å². The van der Waals surface area contributed by atoms with Gasteiger partial charge in [-0.2, -0.15) is 0 Å². The van der Waals surface area contributed by atoms with Crippen molar-refractivity contribution in [1.82, 2.24) is 0 Å². The molecule has 4 heteroatoms. The first kappa shape index (κ1) is 11.4. The zero-order valence-corrected chi connectivity index (χ0v) is 9.08. The average Bonchev–Trinajstić information content (AvgIpc) is 2.73. The Hall–Kier alpha value is -2.07. The molecule has 1 aromatic carbocycles. The van der Waals surface area contributed by atoms with Crippen molar-refractivity contribution >= 4 is 5.97 Å². The number of carbonyl (C=O) groups excluding carboxylic acids is 1. The molecule has 4 nitrogen and oxygen atoms in total. The van der Waals surface area contributed by atoms with Crippen molar-refractivity contribution in [1.29, 1.82) is 0 Å². The van der Waals surface area contributed by atoms with Crippen LogP contribution in [0.15, 0.2) is 54.3 Å². The average molecular weight is 232 g/mol. The Bertz CT molecular complexity index is 448. The molecule has 88 valence electrons. The van der Waals surface area contributed by atoms with Crippen molar-refractivity contribution in [3.63, 3.8) is 0 Å². The predicted octanol–water partition coefficient (Wildman–Crippen LogP) is 1.42. The molecule has 0 spiro atoms. The van der Waals surface area contributed by atoms with Gasteiger partial charge in [-0.3, -0.25) is 0 Å². The van der Waals surface area contributed by atoms with E-state index in [2.05, 4.69) is 0 Å². The van der Waals surface area contributed by atoms with Gasteiger partial charge in [0.05, 0.1) is 0 Å². The predicted molar refractivity (Wildman–Crippen MR) is 61.3 cm³/mol. The molecule has 1 atom stereocenters. The molecule has 0 unspecified atom stereocenters. The van der Waals surface area contributed by atoms with E-state index < -0.39 is 12.1 Å². The highest BCUT2D eigenvalue weighted by molar-refractivity contribution is 5.86. The lowest BCUT2D eigenvalue weighted by Gasteiger charge is -2.09. The second-order valence-electron chi connectivity index (χ2n) is 3.51. The Balaban J connectivity index is 1.84. The summed E-state index contributed by atoms with van der Waals surface area (Å²) < 4.78 is 10.1. The molecule has 1 aliphatic heterocycles. The Labute approximate surface area is 98.8 Å². The molecule has 1 N–H and O–H groups in total. The lowest BCUT2D eigenvalue weighted by Crippen LogP contribution is -2.15. The highest BCUT2D eigenvalue weighted by Crippen LogP contribution is 2.12. The summed E-state index contributed by atoms with van der Waals surface area (Å²) in [7, 11) is 0. The molecular formula is C13H12O4. The Morgan fingerprint density at radius 3 is 2.71 bits per heavy atom. The minimum atomic E-state index is -0.819. The molecule has 0 fully saturated rings. The first-order chi connectivity index (χ1) is 8.24. The maximum Gasteiger partial charge on any atom is 0.336 e. The number of ether oxygens (including phenoxy) is 2. The number of aliphatic hydroxyl groups is 1. The minimum Gasteiger partial charge on any atom is -0.491 e. The quantitative estimate of drug-likeness (QED) is 0.798. The number of hydrogen-bond acceptors (Lipinski definition) is 4. The second kappa shape index (κ2) is 5.32. The molecule has 1 aromatic rings. The van der Waals surface area contributed by atoms with E-state index in [1.807, 2.05) is 18.2 Å². The zero-order chi connectivity index (χ0) is 12.1. The molecule has 0 saturated carbocycles. The van der Waals surface area contributed by atoms with Gasteiger partial charge in [0.2, 0.25) is 0 Å². The van der Waals surface area contributed by atoms with Gasteiger partial charge in [-0.25, -0.2) is 4.79 Å². The molecule has 0 amide bonds. The van der Waals surface area contributed by atoms with Gasteiger partial charge in [-0.05, 0) is 24.3 Å². The van der Waals surface area contributed by atoms with E-state index in [0.717, 1.165) is 0 Å². The van der Waals surface area contributed by atoms with Gasteiger partial charge in [0.15, 0.2) is 0 Å². The number of esters is 1. The number of para-hydroxylation sites is 1. The van der Waals surface area contributed by atoms with Gasteiger partial charge in [0, 0.05) is 6.08 Å². The molecule has 0 bridgehead atoms. The van der Waals surface area contributed by atoms with E-state index >= 15 is 0 Å². The van der Waals surface area contributed by atoms with Crippen LogP contribution in [-0.2, 0) is 9.53 Å². The number of aliphatic hydroxyl groups excluding tert-OH is 1. The summed E-state index contributed by atoms with van der Waals surface area (Å²) >= 11 is 0. The summed E-state index contributed by atoms with van der Waals surface area (Å²) in [6, 6.07) is 9.18. The normalized spacial score (nSPS) is 18.2. The fourth-order valence-corrected chi connectivity index (χ4v) is 1.36. The number of rotatable bonds is 4. The number of allylic oxidation sites excluding steroid dienone is 1. The standard InChI is InChI=1S/C13H12O4/c14-10(8-12-6-7-13(15)17-12)9-16-11-4-2-1-3-5-11/h1-8,10,14H,9H2/b12-8-/t10-/m0/s1. The van der Waals surface area contributed by atoms with Gasteiger partial charge >= 0.3 is 5.97 Å². The Morgan fingerprint density at radius 1 is 1.29 bits per heavy atom. The number of carbonyl (C=O) groups is 1. The van der Waals surface area contributed by atoms with Crippen molar-refractivity contribution in [3.8, 4) is 5.75 Å². The monoisotopic (exact) mass is 232 g/mol. The molecule has 0 aromatic heterocycles. The van der Waals surface area contributed by atoms with E-state index in [1.165, 1.54) is 18.2 Å². The van der Waals surface area contributed by atoms with Crippen LogP contribution in [0.1, 0.15) is 0 Å². The number of hydrogen-bond donors (Lipinski definition) is 1. The number of cyclic esters (lactones) is 1. The maximum atomic E-state index is 10.8. The Morgan fingerprint density at radius 2 is 2.06 bits per heavy atom. The van der Waals surface area contributed by atoms with Crippen LogP contribution >= 0.6 is 0 Å². The minimum absolute atomic E-state index is 0.110. The molecule has 1 aliphatic rings. The molecule has 0 aliphatic carbocycles. The van der Waals surface area contributed by atoms with Gasteiger partial charge in [0.25, 0.3) is 0 Å². The number of benzene rings is 1. The van der Waals surface area contributed by atoms with E-state index in [1.54, 1.807) is 12.1 Å². The van der Waals surface area contributed by atoms with Crippen LogP contribution in [0.2, 0.25) is 0 Å². The fourth-order valence-electron chi connectivity index (χ4n) is 1.36. The first-order valence-electron chi connectivity index (χ1n) is 5.21. The summed E-state index contributed by atoms with van der Waals surface area (Å²) in [5.74, 6) is 0.607. The van der Waals surface area contributed by atoms with Gasteiger partial charge in [0.1, 0.15) is 24.2 Å². The third kappa shape index (κ3) is 3.46. The zero-order valence-electron chi connectivity index (χ0n) is 9.08. The van der Waals surface area contributed by atoms with Crippen LogP contribution in [-0.4, -0.2) is 23.8 Å². The maximum absolute atomic E-state index is 10.8. The van der Waals surface area contributed by atoms with E-state index in [-0.39, 0.29) is 6.61 Å². The van der Waals surface area contributed by atoms with Gasteiger partial charge in [-0.1, -0.05) is 18.2 Å². The van der Waals surface area contributed by atoms with E-state index in [9.17, 15) is 9.90 Å². The SMILES string of the molecule is O=C1C=C/C(=C/[C@H](O)COc2ccccc2)O1. The smallest absolute Gasteiger partial charge is 0.336 e. The second-order valence-corrected chi connectivity index (χ2v) is 3.51. The van der Waals surface area contributed by atoms with Crippen molar-refractivity contribution in [2.45, 2.75) is 6.10 Å². The first-order valence-corrected chi connectivity index (χ1v) is 5.21. The summed E-state index contributed by atoms with van der Waals surface area (Å²) in [6.45, 7) is 0.110. The van der Waals surface area contributed by atoms with E-state index in [0.29, 0.717) is 11.5 Å². The van der Waals surface area contributed by atoms with Crippen LogP contribution in [0.4, 0.5) is 0 Å². The van der Waals surface area contributed by atoms with Crippen molar-refractivity contribution < 1.29 is 19.4 Å². The summed E-state index contributed by atoms with van der Waals surface area (Å²) in [4.78, 5) is 10.8. The molecule has 0 saturated heterocycles.